The van der Waals surface area contributed by atoms with Crippen LogP contribution >= 0.6 is 0 Å². The van der Waals surface area contributed by atoms with Crippen molar-refractivity contribution in [2.75, 3.05) is 53.5 Å². The van der Waals surface area contributed by atoms with Gasteiger partial charge >= 0.3 is 0 Å². The smallest absolute Gasteiger partial charge is 0.0474 e. The molecule has 1 saturated heterocycles. The van der Waals surface area contributed by atoms with Gasteiger partial charge in [-0.05, 0) is 45.9 Å². The minimum atomic E-state index is 0.222. The van der Waals surface area contributed by atoms with E-state index in [1.165, 1.54) is 25.9 Å². The zero-order valence-corrected chi connectivity index (χ0v) is 11.7. The Morgan fingerprint density at radius 3 is 2.47 bits per heavy atom. The summed E-state index contributed by atoms with van der Waals surface area (Å²) < 4.78 is 5.11. The van der Waals surface area contributed by atoms with Gasteiger partial charge in [0, 0.05) is 32.3 Å². The van der Waals surface area contributed by atoms with Crippen molar-refractivity contribution in [3.8, 4) is 0 Å². The molecule has 1 heterocycles. The highest BCUT2D eigenvalue weighted by atomic mass is 16.5. The van der Waals surface area contributed by atoms with E-state index < -0.39 is 0 Å². The van der Waals surface area contributed by atoms with E-state index in [2.05, 4.69) is 23.8 Å². The summed E-state index contributed by atoms with van der Waals surface area (Å²) in [6.07, 6.45) is 3.48. The number of methoxy groups -OCH3 is 1. The minimum absolute atomic E-state index is 0.222. The van der Waals surface area contributed by atoms with Crippen LogP contribution in [0.5, 0.6) is 0 Å². The predicted octanol–water partition coefficient (Wildman–Crippen LogP) is 0.768. The lowest BCUT2D eigenvalue weighted by Gasteiger charge is -2.47. The summed E-state index contributed by atoms with van der Waals surface area (Å²) >= 11 is 0. The Balaban J connectivity index is 2.45. The topological polar surface area (TPSA) is 41.7 Å². The third-order valence-electron chi connectivity index (χ3n) is 4.27. The van der Waals surface area contributed by atoms with Gasteiger partial charge in [0.15, 0.2) is 0 Å². The van der Waals surface area contributed by atoms with E-state index in [4.69, 9.17) is 10.5 Å². The molecule has 0 bridgehead atoms. The molecule has 0 aromatic carbocycles. The maximum atomic E-state index is 6.04. The van der Waals surface area contributed by atoms with Crippen molar-refractivity contribution in [1.82, 2.24) is 9.80 Å². The first kappa shape index (κ1) is 14.9. The quantitative estimate of drug-likeness (QED) is 0.671. The first-order valence-electron chi connectivity index (χ1n) is 6.81. The van der Waals surface area contributed by atoms with Gasteiger partial charge < -0.3 is 15.4 Å². The van der Waals surface area contributed by atoms with E-state index in [0.717, 1.165) is 32.7 Å². The van der Waals surface area contributed by atoms with Crippen molar-refractivity contribution >= 4 is 0 Å². The molecule has 1 fully saturated rings. The van der Waals surface area contributed by atoms with Gasteiger partial charge in [-0.15, -0.1) is 0 Å². The second-order valence-corrected chi connectivity index (χ2v) is 5.13. The second-order valence-electron chi connectivity index (χ2n) is 5.13. The zero-order chi connectivity index (χ0) is 12.7. The van der Waals surface area contributed by atoms with Crippen LogP contribution in [0.25, 0.3) is 0 Å². The first-order chi connectivity index (χ1) is 8.18. The molecule has 1 rings (SSSR count). The average Bonchev–Trinajstić information content (AvgIpc) is 2.39. The van der Waals surface area contributed by atoms with Crippen LogP contribution < -0.4 is 5.73 Å². The van der Waals surface area contributed by atoms with E-state index in [1.807, 2.05) is 0 Å². The summed E-state index contributed by atoms with van der Waals surface area (Å²) in [4.78, 5) is 4.97. The van der Waals surface area contributed by atoms with Crippen LogP contribution in [0.3, 0.4) is 0 Å². The maximum Gasteiger partial charge on any atom is 0.0474 e. The van der Waals surface area contributed by atoms with Crippen molar-refractivity contribution in [3.05, 3.63) is 0 Å². The summed E-state index contributed by atoms with van der Waals surface area (Å²) in [6, 6.07) is 0. The van der Waals surface area contributed by atoms with Gasteiger partial charge in [-0.2, -0.15) is 0 Å². The van der Waals surface area contributed by atoms with Crippen molar-refractivity contribution in [2.24, 2.45) is 5.73 Å². The van der Waals surface area contributed by atoms with Crippen LogP contribution in [-0.4, -0.2) is 68.8 Å². The third-order valence-corrected chi connectivity index (χ3v) is 4.27. The van der Waals surface area contributed by atoms with Gasteiger partial charge in [-0.1, -0.05) is 6.92 Å². The van der Waals surface area contributed by atoms with Gasteiger partial charge in [0.25, 0.3) is 0 Å². The molecule has 4 heteroatoms. The number of piperidine rings is 1. The largest absolute Gasteiger partial charge is 0.385 e. The second kappa shape index (κ2) is 7.31. The Hall–Kier alpha value is -0.160. The Kier molecular flexibility index (Phi) is 6.41. The molecule has 0 atom stereocenters. The predicted molar refractivity (Wildman–Crippen MR) is 72.3 cm³/mol. The van der Waals surface area contributed by atoms with Crippen LogP contribution in [0.2, 0.25) is 0 Å². The highest BCUT2D eigenvalue weighted by Crippen LogP contribution is 2.27. The average molecular weight is 243 g/mol. The summed E-state index contributed by atoms with van der Waals surface area (Å²) in [5, 5.41) is 0. The van der Waals surface area contributed by atoms with Crippen molar-refractivity contribution in [3.63, 3.8) is 0 Å². The molecule has 0 aliphatic carbocycles. The van der Waals surface area contributed by atoms with Crippen LogP contribution in [0, 0.1) is 0 Å². The number of ether oxygens (including phenoxy) is 1. The molecule has 1 aliphatic rings. The summed E-state index contributed by atoms with van der Waals surface area (Å²) in [5.74, 6) is 0. The fraction of sp³-hybridized carbons (Fsp3) is 1.00. The first-order valence-corrected chi connectivity index (χ1v) is 6.81. The van der Waals surface area contributed by atoms with Gasteiger partial charge in [0.2, 0.25) is 0 Å². The summed E-state index contributed by atoms with van der Waals surface area (Å²) in [6.45, 7) is 8.45. The Bertz CT molecular complexity index is 203. The number of nitrogens with zero attached hydrogens (tertiary/aromatic N) is 2. The van der Waals surface area contributed by atoms with E-state index in [0.29, 0.717) is 0 Å². The van der Waals surface area contributed by atoms with Crippen LogP contribution in [0.4, 0.5) is 0 Å². The number of likely N-dealkylation sites (tertiary alicyclic amines) is 1. The molecule has 2 N–H and O–H groups in total. The van der Waals surface area contributed by atoms with Crippen molar-refractivity contribution in [2.45, 2.75) is 31.7 Å². The molecular weight excluding hydrogens is 214 g/mol. The highest BCUT2D eigenvalue weighted by molar-refractivity contribution is 4.95. The van der Waals surface area contributed by atoms with Crippen molar-refractivity contribution < 1.29 is 4.74 Å². The normalized spacial score (nSPS) is 21.0. The van der Waals surface area contributed by atoms with Gasteiger partial charge in [0.05, 0.1) is 0 Å². The molecule has 1 aliphatic heterocycles. The van der Waals surface area contributed by atoms with Crippen LogP contribution in [0.1, 0.15) is 26.2 Å². The Labute approximate surface area is 106 Å². The fourth-order valence-corrected chi connectivity index (χ4v) is 2.71. The molecule has 0 saturated carbocycles. The third kappa shape index (κ3) is 3.91. The van der Waals surface area contributed by atoms with Crippen LogP contribution in [-0.2, 0) is 4.74 Å². The number of nitrogens with two attached hydrogens (primary N) is 1. The van der Waals surface area contributed by atoms with E-state index in [9.17, 15) is 0 Å². The zero-order valence-electron chi connectivity index (χ0n) is 11.7. The molecule has 0 spiro atoms. The maximum absolute atomic E-state index is 6.04. The van der Waals surface area contributed by atoms with E-state index >= 15 is 0 Å². The number of rotatable bonds is 7. The highest BCUT2D eigenvalue weighted by Gasteiger charge is 2.36. The van der Waals surface area contributed by atoms with E-state index in [-0.39, 0.29) is 5.54 Å². The lowest BCUT2D eigenvalue weighted by Crippen LogP contribution is -2.58. The van der Waals surface area contributed by atoms with Gasteiger partial charge in [-0.25, -0.2) is 0 Å². The molecule has 17 heavy (non-hydrogen) atoms. The van der Waals surface area contributed by atoms with Gasteiger partial charge in [0.1, 0.15) is 0 Å². The van der Waals surface area contributed by atoms with Gasteiger partial charge in [-0.3, -0.25) is 4.90 Å². The summed E-state index contributed by atoms with van der Waals surface area (Å²) in [5.41, 5.74) is 6.26. The van der Waals surface area contributed by atoms with Crippen molar-refractivity contribution in [1.29, 1.82) is 0 Å². The lowest BCUT2D eigenvalue weighted by atomic mass is 9.86. The lowest BCUT2D eigenvalue weighted by molar-refractivity contribution is 0.0413. The molecule has 0 radical (unpaired) electrons. The molecular formula is C13H29N3O. The SMILES string of the molecule is CCN1CCC(CN)(N(C)CCCOC)CC1. The molecule has 0 aromatic heterocycles. The minimum Gasteiger partial charge on any atom is -0.385 e. The Morgan fingerprint density at radius 1 is 1.35 bits per heavy atom. The molecule has 0 unspecified atom stereocenters. The summed E-state index contributed by atoms with van der Waals surface area (Å²) in [7, 11) is 3.97. The number of hydrogen-bond acceptors (Lipinski definition) is 4. The van der Waals surface area contributed by atoms with E-state index in [1.54, 1.807) is 7.11 Å². The molecule has 0 aromatic rings. The Morgan fingerprint density at radius 2 is 2.00 bits per heavy atom. The monoisotopic (exact) mass is 243 g/mol. The number of hydrogen-bond donors (Lipinski definition) is 1. The fourth-order valence-electron chi connectivity index (χ4n) is 2.71. The van der Waals surface area contributed by atoms with Crippen LogP contribution in [0.15, 0.2) is 0 Å². The molecule has 4 nitrogen and oxygen atoms in total. The number of likely N-dealkylation sites (N-methyl/N-ethyl adjacent to an activating group) is 1. The standard InChI is InChI=1S/C13H29N3O/c1-4-16-9-6-13(12-14,7-10-16)15(2)8-5-11-17-3/h4-12,14H2,1-3H3. The molecule has 0 amide bonds. The molecule has 102 valence electrons.